The molecule has 28 heavy (non-hydrogen) atoms. The Hall–Kier alpha value is -2.80. The number of likely N-dealkylation sites (N-methyl/N-ethyl adjacent to an activating group) is 1. The van der Waals surface area contributed by atoms with Gasteiger partial charge in [-0.3, -0.25) is 4.79 Å². The number of nitrogens with zero attached hydrogens (tertiary/aromatic N) is 2. The van der Waals surface area contributed by atoms with E-state index >= 15 is 0 Å². The Morgan fingerprint density at radius 2 is 1.89 bits per heavy atom. The number of halogens is 1. The minimum Gasteiger partial charge on any atom is -0.486 e. The van der Waals surface area contributed by atoms with Crippen molar-refractivity contribution in [3.8, 4) is 11.5 Å². The fourth-order valence-corrected chi connectivity index (χ4v) is 3.25. The SMILES string of the molecule is Cc1cc(C)c(C(=O)OCC(=O)N(C)Cc2ccc3c(c2)OCCO3)c(Cl)n1. The summed E-state index contributed by atoms with van der Waals surface area (Å²) in [6.45, 7) is 4.51. The number of pyridine rings is 1. The topological polar surface area (TPSA) is 78.0 Å². The van der Waals surface area contributed by atoms with E-state index in [9.17, 15) is 9.59 Å². The normalized spacial score (nSPS) is 12.4. The number of carbonyl (C=O) groups excluding carboxylic acids is 2. The van der Waals surface area contributed by atoms with E-state index in [-0.39, 0.29) is 23.2 Å². The monoisotopic (exact) mass is 404 g/mol. The molecule has 8 heteroatoms. The number of hydrogen-bond acceptors (Lipinski definition) is 6. The first-order valence-corrected chi connectivity index (χ1v) is 9.16. The Balaban J connectivity index is 1.58. The Labute approximate surface area is 168 Å². The van der Waals surface area contributed by atoms with Gasteiger partial charge in [0.15, 0.2) is 18.1 Å². The second-order valence-corrected chi connectivity index (χ2v) is 6.91. The number of hydrogen-bond donors (Lipinski definition) is 0. The molecular weight excluding hydrogens is 384 g/mol. The minimum atomic E-state index is -0.670. The summed E-state index contributed by atoms with van der Waals surface area (Å²) in [4.78, 5) is 30.2. The van der Waals surface area contributed by atoms with E-state index in [0.717, 1.165) is 5.56 Å². The third kappa shape index (κ3) is 4.54. The van der Waals surface area contributed by atoms with Gasteiger partial charge in [-0.1, -0.05) is 17.7 Å². The van der Waals surface area contributed by atoms with E-state index in [1.54, 1.807) is 27.0 Å². The fourth-order valence-electron chi connectivity index (χ4n) is 2.89. The van der Waals surface area contributed by atoms with Crippen molar-refractivity contribution in [3.63, 3.8) is 0 Å². The number of amides is 1. The van der Waals surface area contributed by atoms with Crippen LogP contribution in [-0.2, 0) is 16.1 Å². The molecule has 0 saturated carbocycles. The van der Waals surface area contributed by atoms with E-state index in [0.29, 0.717) is 42.5 Å². The molecule has 1 aliphatic rings. The van der Waals surface area contributed by atoms with Gasteiger partial charge in [0.25, 0.3) is 5.91 Å². The molecule has 0 N–H and O–H groups in total. The number of aromatic nitrogens is 1. The van der Waals surface area contributed by atoms with Gasteiger partial charge in [-0.25, -0.2) is 9.78 Å². The summed E-state index contributed by atoms with van der Waals surface area (Å²) < 4.78 is 16.2. The molecule has 0 bridgehead atoms. The number of esters is 1. The highest BCUT2D eigenvalue weighted by molar-refractivity contribution is 6.32. The van der Waals surface area contributed by atoms with Crippen LogP contribution in [0.15, 0.2) is 24.3 Å². The number of rotatable bonds is 5. The molecule has 0 aliphatic carbocycles. The molecule has 1 aliphatic heterocycles. The van der Waals surface area contributed by atoms with Crippen LogP contribution < -0.4 is 9.47 Å². The van der Waals surface area contributed by atoms with Crippen molar-refractivity contribution < 1.29 is 23.8 Å². The number of fused-ring (bicyclic) bond motifs is 1. The number of benzene rings is 1. The third-order valence-corrected chi connectivity index (χ3v) is 4.56. The highest BCUT2D eigenvalue weighted by Gasteiger charge is 2.20. The van der Waals surface area contributed by atoms with Crippen molar-refractivity contribution in [2.75, 3.05) is 26.9 Å². The maximum Gasteiger partial charge on any atom is 0.342 e. The smallest absolute Gasteiger partial charge is 0.342 e. The molecule has 0 atom stereocenters. The van der Waals surface area contributed by atoms with Crippen molar-refractivity contribution in [1.29, 1.82) is 0 Å². The van der Waals surface area contributed by atoms with Crippen LogP contribution >= 0.6 is 11.6 Å². The number of ether oxygens (including phenoxy) is 3. The van der Waals surface area contributed by atoms with Gasteiger partial charge < -0.3 is 19.1 Å². The van der Waals surface area contributed by atoms with Crippen LogP contribution in [-0.4, -0.2) is 48.6 Å². The summed E-state index contributed by atoms with van der Waals surface area (Å²) in [6.07, 6.45) is 0. The Kier molecular flexibility index (Phi) is 6.04. The van der Waals surface area contributed by atoms with Crippen molar-refractivity contribution in [2.45, 2.75) is 20.4 Å². The molecule has 1 amide bonds. The molecule has 3 rings (SSSR count). The Morgan fingerprint density at radius 3 is 2.61 bits per heavy atom. The zero-order valence-corrected chi connectivity index (χ0v) is 16.7. The van der Waals surface area contributed by atoms with Crippen LogP contribution in [0.25, 0.3) is 0 Å². The average molecular weight is 405 g/mol. The lowest BCUT2D eigenvalue weighted by Gasteiger charge is -2.21. The van der Waals surface area contributed by atoms with E-state index < -0.39 is 5.97 Å². The lowest BCUT2D eigenvalue weighted by atomic mass is 10.1. The van der Waals surface area contributed by atoms with Crippen LogP contribution in [0.3, 0.4) is 0 Å². The molecule has 1 aromatic heterocycles. The number of carbonyl (C=O) groups is 2. The van der Waals surface area contributed by atoms with Gasteiger partial charge in [-0.15, -0.1) is 0 Å². The summed E-state index contributed by atoms with van der Waals surface area (Å²) in [7, 11) is 1.64. The predicted octanol–water partition coefficient (Wildman–Crippen LogP) is 2.94. The van der Waals surface area contributed by atoms with Crippen LogP contribution in [0.1, 0.15) is 27.2 Å². The van der Waals surface area contributed by atoms with Gasteiger partial charge >= 0.3 is 5.97 Å². The molecule has 0 unspecified atom stereocenters. The average Bonchev–Trinajstić information content (AvgIpc) is 2.65. The van der Waals surface area contributed by atoms with Gasteiger partial charge in [0.05, 0.1) is 5.56 Å². The van der Waals surface area contributed by atoms with E-state index in [1.807, 2.05) is 18.2 Å². The molecule has 7 nitrogen and oxygen atoms in total. The van der Waals surface area contributed by atoms with Crippen molar-refractivity contribution in [2.24, 2.45) is 0 Å². The quantitative estimate of drug-likeness (QED) is 0.563. The lowest BCUT2D eigenvalue weighted by Crippen LogP contribution is -2.31. The standard InChI is InChI=1S/C20H21ClN2O5/c1-12-8-13(2)22-19(21)18(12)20(25)28-11-17(24)23(3)10-14-4-5-15-16(9-14)27-7-6-26-15/h4-5,8-9H,6-7,10-11H2,1-3H3. The summed E-state index contributed by atoms with van der Waals surface area (Å²) in [5.41, 5.74) is 2.41. The van der Waals surface area contributed by atoms with Gasteiger partial charge in [-0.05, 0) is 43.2 Å². The third-order valence-electron chi connectivity index (χ3n) is 4.28. The largest absolute Gasteiger partial charge is 0.486 e. The highest BCUT2D eigenvalue weighted by atomic mass is 35.5. The molecule has 0 fully saturated rings. The summed E-state index contributed by atoms with van der Waals surface area (Å²) in [5, 5.41) is 0.0691. The summed E-state index contributed by atoms with van der Waals surface area (Å²) in [5.74, 6) is 0.345. The van der Waals surface area contributed by atoms with Crippen LogP contribution in [0.2, 0.25) is 5.15 Å². The van der Waals surface area contributed by atoms with Crippen molar-refractivity contribution in [3.05, 3.63) is 51.8 Å². The maximum atomic E-state index is 12.3. The van der Waals surface area contributed by atoms with E-state index in [1.165, 1.54) is 4.90 Å². The molecule has 148 valence electrons. The molecule has 2 heterocycles. The number of aryl methyl sites for hydroxylation is 2. The predicted molar refractivity (Wildman–Crippen MR) is 103 cm³/mol. The van der Waals surface area contributed by atoms with Crippen LogP contribution in [0.5, 0.6) is 11.5 Å². The van der Waals surface area contributed by atoms with Crippen LogP contribution in [0.4, 0.5) is 0 Å². The second-order valence-electron chi connectivity index (χ2n) is 6.55. The molecule has 1 aromatic carbocycles. The first kappa shape index (κ1) is 19.9. The zero-order valence-electron chi connectivity index (χ0n) is 16.0. The first-order chi connectivity index (χ1) is 13.3. The molecular formula is C20H21ClN2O5. The van der Waals surface area contributed by atoms with Crippen molar-refractivity contribution >= 4 is 23.5 Å². The Morgan fingerprint density at radius 1 is 1.18 bits per heavy atom. The lowest BCUT2D eigenvalue weighted by molar-refractivity contribution is -0.133. The summed E-state index contributed by atoms with van der Waals surface area (Å²) >= 11 is 6.04. The summed E-state index contributed by atoms with van der Waals surface area (Å²) in [6, 6.07) is 7.26. The van der Waals surface area contributed by atoms with Gasteiger partial charge in [0.1, 0.15) is 18.4 Å². The molecule has 0 saturated heterocycles. The van der Waals surface area contributed by atoms with E-state index in [2.05, 4.69) is 4.98 Å². The van der Waals surface area contributed by atoms with Gasteiger partial charge in [0.2, 0.25) is 0 Å². The van der Waals surface area contributed by atoms with Crippen molar-refractivity contribution in [1.82, 2.24) is 9.88 Å². The molecule has 0 radical (unpaired) electrons. The fraction of sp³-hybridized carbons (Fsp3) is 0.350. The zero-order chi connectivity index (χ0) is 20.3. The highest BCUT2D eigenvalue weighted by Crippen LogP contribution is 2.31. The Bertz CT molecular complexity index is 892. The maximum absolute atomic E-state index is 12.3. The van der Waals surface area contributed by atoms with Gasteiger partial charge in [-0.2, -0.15) is 0 Å². The van der Waals surface area contributed by atoms with Gasteiger partial charge in [0, 0.05) is 19.3 Å². The minimum absolute atomic E-state index is 0.0691. The first-order valence-electron chi connectivity index (χ1n) is 8.78. The molecule has 2 aromatic rings. The molecule has 0 spiro atoms. The van der Waals surface area contributed by atoms with Crippen LogP contribution in [0, 0.1) is 13.8 Å². The second kappa shape index (κ2) is 8.48. The van der Waals surface area contributed by atoms with E-state index in [4.69, 9.17) is 25.8 Å².